The summed E-state index contributed by atoms with van der Waals surface area (Å²) >= 11 is 0. The van der Waals surface area contributed by atoms with Gasteiger partial charge in [0.05, 0.1) is 0 Å². The Balaban J connectivity index is -0.0000000200. The Hall–Kier alpha value is 0.470. The van der Waals surface area contributed by atoms with Gasteiger partial charge in [0.1, 0.15) is 0 Å². The monoisotopic (exact) mass is 84.0 g/mol. The van der Waals surface area contributed by atoms with Gasteiger partial charge in [0.2, 0.25) is 0 Å². The molecule has 0 spiro atoms. The van der Waals surface area contributed by atoms with Crippen molar-refractivity contribution in [3.05, 3.63) is 7.43 Å². The van der Waals surface area contributed by atoms with E-state index in [4.69, 9.17) is 9.90 Å². The predicted octanol–water partition coefficient (Wildman–Crippen LogP) is -2.84. The molecule has 0 bridgehead atoms. The van der Waals surface area contributed by atoms with Crippen molar-refractivity contribution < 1.29 is 39.5 Å². The van der Waals surface area contributed by atoms with Crippen LogP contribution in [0, 0.1) is 7.43 Å². The minimum Gasteiger partial charge on any atom is -0.483 e. The molecular weight excluding hydrogens is 79.0 g/mol. The van der Waals surface area contributed by atoms with Gasteiger partial charge in [0.15, 0.2) is 0 Å². The zero-order chi connectivity index (χ0) is 2.71. The fourth-order valence-electron chi connectivity index (χ4n) is 0. The van der Waals surface area contributed by atoms with E-state index >= 15 is 0 Å². The van der Waals surface area contributed by atoms with Gasteiger partial charge in [-0.3, -0.25) is 4.79 Å². The van der Waals surface area contributed by atoms with E-state index in [1.165, 1.54) is 0 Å². The first-order valence-electron chi connectivity index (χ1n) is 0.494. The zero-order valence-electron chi connectivity index (χ0n) is 3.43. The Bertz CT molecular complexity index is 15.1. The van der Waals surface area contributed by atoms with E-state index in [2.05, 4.69) is 0 Å². The smallest absolute Gasteiger partial charge is 0.483 e. The summed E-state index contributed by atoms with van der Waals surface area (Å²) in [6.07, 6.45) is 0. The molecule has 3 heteroatoms. The molecule has 0 aromatic heterocycles. The standard InChI is InChI=1S/CH2O2.CH3.Na/c2-1-3;;/h1H,(H,2,3);1H3;/q;-1;+1. The van der Waals surface area contributed by atoms with Gasteiger partial charge in [-0.15, -0.1) is 0 Å². The first-order valence-corrected chi connectivity index (χ1v) is 0.494. The van der Waals surface area contributed by atoms with Gasteiger partial charge >= 0.3 is 29.6 Å². The maximum Gasteiger partial charge on any atom is 1.00 e. The Morgan fingerprint density at radius 2 is 1.60 bits per heavy atom. The third kappa shape index (κ3) is 123. The van der Waals surface area contributed by atoms with Crippen LogP contribution in [0.3, 0.4) is 0 Å². The van der Waals surface area contributed by atoms with Crippen LogP contribution in [-0.4, -0.2) is 11.6 Å². The van der Waals surface area contributed by atoms with Crippen molar-refractivity contribution in [1.82, 2.24) is 0 Å². The van der Waals surface area contributed by atoms with E-state index in [0.717, 1.165) is 0 Å². The molecule has 0 saturated heterocycles. The third-order valence-corrected chi connectivity index (χ3v) is 0. The predicted molar refractivity (Wildman–Crippen MR) is 15.1 cm³/mol. The second-order valence-corrected chi connectivity index (χ2v) is 0.105. The van der Waals surface area contributed by atoms with Crippen molar-refractivity contribution in [2.75, 3.05) is 0 Å². The molecule has 0 amide bonds. The molecule has 2 nitrogen and oxygen atoms in total. The second kappa shape index (κ2) is 24.9. The quantitative estimate of drug-likeness (QED) is 0.195. The summed E-state index contributed by atoms with van der Waals surface area (Å²) < 4.78 is 0. The van der Waals surface area contributed by atoms with E-state index in [9.17, 15) is 0 Å². The van der Waals surface area contributed by atoms with Gasteiger partial charge in [-0.1, -0.05) is 0 Å². The number of rotatable bonds is 0. The zero-order valence-corrected chi connectivity index (χ0v) is 5.43. The topological polar surface area (TPSA) is 37.3 Å². The summed E-state index contributed by atoms with van der Waals surface area (Å²) in [5.74, 6) is 0. The molecular formula is C2H5NaO2. The number of hydrogen-bond acceptors (Lipinski definition) is 1. The summed E-state index contributed by atoms with van der Waals surface area (Å²) in [6, 6.07) is 0. The number of hydrogen-bond donors (Lipinski definition) is 1. The van der Waals surface area contributed by atoms with Crippen molar-refractivity contribution in [3.8, 4) is 0 Å². The first-order chi connectivity index (χ1) is 1.41. The van der Waals surface area contributed by atoms with Crippen LogP contribution < -0.4 is 29.6 Å². The maximum absolute atomic E-state index is 8.36. The molecule has 0 saturated carbocycles. The largest absolute Gasteiger partial charge is 1.00 e. The molecule has 1 N–H and O–H groups in total. The van der Waals surface area contributed by atoms with Gasteiger partial charge < -0.3 is 12.5 Å². The van der Waals surface area contributed by atoms with E-state index in [0.29, 0.717) is 0 Å². The van der Waals surface area contributed by atoms with Crippen molar-refractivity contribution in [1.29, 1.82) is 0 Å². The van der Waals surface area contributed by atoms with Gasteiger partial charge in [0.25, 0.3) is 6.47 Å². The van der Waals surface area contributed by atoms with Crippen LogP contribution in [0.25, 0.3) is 0 Å². The summed E-state index contributed by atoms with van der Waals surface area (Å²) in [6.45, 7) is -0.250. The Morgan fingerprint density at radius 3 is 1.60 bits per heavy atom. The molecule has 0 fully saturated rings. The SMILES string of the molecule is O=CO.[CH3-].[Na+]. The normalized spacial score (nSPS) is 2.40. The molecule has 0 rings (SSSR count). The van der Waals surface area contributed by atoms with Crippen molar-refractivity contribution >= 4 is 6.47 Å². The van der Waals surface area contributed by atoms with Gasteiger partial charge in [0, 0.05) is 0 Å². The molecule has 26 valence electrons. The summed E-state index contributed by atoms with van der Waals surface area (Å²) in [4.78, 5) is 8.36. The molecule has 0 aromatic carbocycles. The molecule has 5 heavy (non-hydrogen) atoms. The molecule has 0 aliphatic heterocycles. The van der Waals surface area contributed by atoms with Crippen molar-refractivity contribution in [3.63, 3.8) is 0 Å². The average molecular weight is 84.0 g/mol. The fourth-order valence-corrected chi connectivity index (χ4v) is 0. The average Bonchev–Trinajstić information content (AvgIpc) is 0.918. The van der Waals surface area contributed by atoms with Crippen LogP contribution in [0.2, 0.25) is 0 Å². The van der Waals surface area contributed by atoms with Crippen LogP contribution in [0.15, 0.2) is 0 Å². The van der Waals surface area contributed by atoms with Crippen LogP contribution in [0.1, 0.15) is 0 Å². The van der Waals surface area contributed by atoms with Gasteiger partial charge in [-0.2, -0.15) is 0 Å². The Morgan fingerprint density at radius 1 is 1.60 bits per heavy atom. The Kier molecular flexibility index (Phi) is 89.2. The van der Waals surface area contributed by atoms with Crippen molar-refractivity contribution in [2.24, 2.45) is 0 Å². The van der Waals surface area contributed by atoms with Crippen molar-refractivity contribution in [2.45, 2.75) is 0 Å². The van der Waals surface area contributed by atoms with Crippen LogP contribution in [-0.2, 0) is 4.79 Å². The minimum absolute atomic E-state index is 0. The third-order valence-electron chi connectivity index (χ3n) is 0. The van der Waals surface area contributed by atoms with E-state index in [1.54, 1.807) is 0 Å². The number of carbonyl (C=O) groups is 1. The molecule has 0 aliphatic rings. The summed E-state index contributed by atoms with van der Waals surface area (Å²) in [7, 11) is 0. The van der Waals surface area contributed by atoms with Crippen LogP contribution in [0.5, 0.6) is 0 Å². The van der Waals surface area contributed by atoms with E-state index in [-0.39, 0.29) is 43.5 Å². The molecule has 0 unspecified atom stereocenters. The summed E-state index contributed by atoms with van der Waals surface area (Å²) in [5.41, 5.74) is 0. The van der Waals surface area contributed by atoms with E-state index in [1.807, 2.05) is 0 Å². The molecule has 0 heterocycles. The minimum atomic E-state index is -0.250. The molecule has 0 atom stereocenters. The second-order valence-electron chi connectivity index (χ2n) is 0.105. The first kappa shape index (κ1) is 17.9. The van der Waals surface area contributed by atoms with Crippen LogP contribution >= 0.6 is 0 Å². The fraction of sp³-hybridized carbons (Fsp3) is 0. The number of carboxylic acid groups (broad SMARTS) is 1. The van der Waals surface area contributed by atoms with Crippen LogP contribution in [0.4, 0.5) is 0 Å². The maximum atomic E-state index is 8.36. The molecule has 0 radical (unpaired) electrons. The molecule has 0 aromatic rings. The van der Waals surface area contributed by atoms with Gasteiger partial charge in [-0.05, 0) is 0 Å². The van der Waals surface area contributed by atoms with Gasteiger partial charge in [-0.25, -0.2) is 0 Å². The molecule has 0 aliphatic carbocycles. The van der Waals surface area contributed by atoms with E-state index < -0.39 is 0 Å². The summed E-state index contributed by atoms with van der Waals surface area (Å²) in [5, 5.41) is 6.89. The Labute approximate surface area is 53.5 Å².